The lowest BCUT2D eigenvalue weighted by Crippen LogP contribution is -2.30. The number of guanidine groups is 1. The van der Waals surface area contributed by atoms with Crippen LogP contribution in [0.2, 0.25) is 0 Å². The second-order valence-corrected chi connectivity index (χ2v) is 6.28. The van der Waals surface area contributed by atoms with Gasteiger partial charge in [0.15, 0.2) is 17.5 Å². The highest BCUT2D eigenvalue weighted by Gasteiger charge is 2.13. The summed E-state index contributed by atoms with van der Waals surface area (Å²) in [5.74, 6) is 3.27. The third-order valence-electron chi connectivity index (χ3n) is 3.90. The third-order valence-corrected chi connectivity index (χ3v) is 3.90. The van der Waals surface area contributed by atoms with Crippen LogP contribution in [0, 0.1) is 0 Å². The number of anilines is 1. The molecule has 2 aromatic carbocycles. The molecule has 2 N–H and O–H groups in total. The van der Waals surface area contributed by atoms with Crippen molar-refractivity contribution < 1.29 is 18.9 Å². The fraction of sp³-hybridized carbons (Fsp3) is 0.381. The zero-order valence-corrected chi connectivity index (χ0v) is 20.1. The summed E-state index contributed by atoms with van der Waals surface area (Å²) < 4.78 is 21.8. The highest BCUT2D eigenvalue weighted by atomic mass is 127. The van der Waals surface area contributed by atoms with Crippen LogP contribution in [0.15, 0.2) is 41.4 Å². The van der Waals surface area contributed by atoms with Crippen molar-refractivity contribution in [1.82, 2.24) is 5.32 Å². The van der Waals surface area contributed by atoms with Gasteiger partial charge in [-0.3, -0.25) is 4.99 Å². The van der Waals surface area contributed by atoms with Crippen molar-refractivity contribution in [3.8, 4) is 23.0 Å². The van der Waals surface area contributed by atoms with Crippen LogP contribution in [0.3, 0.4) is 0 Å². The van der Waals surface area contributed by atoms with E-state index >= 15 is 0 Å². The van der Waals surface area contributed by atoms with E-state index in [1.165, 1.54) is 0 Å². The third kappa shape index (κ3) is 7.19. The van der Waals surface area contributed by atoms with E-state index in [-0.39, 0.29) is 30.1 Å². The Morgan fingerprint density at radius 1 is 0.966 bits per heavy atom. The minimum atomic E-state index is 0. The maximum absolute atomic E-state index is 5.66. The molecule has 0 fully saturated rings. The Labute approximate surface area is 189 Å². The average molecular weight is 515 g/mol. The number of rotatable bonds is 8. The van der Waals surface area contributed by atoms with Gasteiger partial charge in [0.25, 0.3) is 0 Å². The van der Waals surface area contributed by atoms with Gasteiger partial charge >= 0.3 is 0 Å². The number of aliphatic imine (C=N–C) groups is 1. The molecular weight excluding hydrogens is 485 g/mol. The number of nitrogens with zero attached hydrogens (tertiary/aromatic N) is 1. The van der Waals surface area contributed by atoms with Crippen molar-refractivity contribution in [3.05, 3.63) is 42.0 Å². The first-order valence-electron chi connectivity index (χ1n) is 9.04. The Hall–Kier alpha value is -2.36. The molecule has 0 spiro atoms. The van der Waals surface area contributed by atoms with Crippen LogP contribution in [0.25, 0.3) is 0 Å². The largest absolute Gasteiger partial charge is 0.493 e. The highest BCUT2D eigenvalue weighted by molar-refractivity contribution is 14.0. The molecule has 0 radical (unpaired) electrons. The summed E-state index contributed by atoms with van der Waals surface area (Å²) >= 11 is 0. The Morgan fingerprint density at radius 2 is 1.55 bits per heavy atom. The predicted octanol–water partition coefficient (Wildman–Crippen LogP) is 4.31. The van der Waals surface area contributed by atoms with Crippen molar-refractivity contribution in [1.29, 1.82) is 0 Å². The molecule has 0 amide bonds. The molecule has 0 aromatic heterocycles. The number of hydrogen-bond donors (Lipinski definition) is 2. The lowest BCUT2D eigenvalue weighted by atomic mass is 10.2. The van der Waals surface area contributed by atoms with E-state index in [1.54, 1.807) is 28.4 Å². The second kappa shape index (κ2) is 12.3. The summed E-state index contributed by atoms with van der Waals surface area (Å²) in [5.41, 5.74) is 1.88. The first kappa shape index (κ1) is 24.7. The smallest absolute Gasteiger partial charge is 0.203 e. The first-order chi connectivity index (χ1) is 13.5. The molecule has 0 aliphatic carbocycles. The molecule has 0 heterocycles. The van der Waals surface area contributed by atoms with Crippen LogP contribution < -0.4 is 29.6 Å². The van der Waals surface area contributed by atoms with Crippen LogP contribution in [0.1, 0.15) is 19.4 Å². The summed E-state index contributed by atoms with van der Waals surface area (Å²) in [6.07, 6.45) is 0.145. The van der Waals surface area contributed by atoms with Gasteiger partial charge in [-0.05, 0) is 55.8 Å². The average Bonchev–Trinajstić information content (AvgIpc) is 2.70. The summed E-state index contributed by atoms with van der Waals surface area (Å²) in [6, 6.07) is 11.6. The molecule has 2 rings (SSSR count). The number of methoxy groups -OCH3 is 3. The van der Waals surface area contributed by atoms with Crippen molar-refractivity contribution in [2.75, 3.05) is 33.7 Å². The topological polar surface area (TPSA) is 73.3 Å². The summed E-state index contributed by atoms with van der Waals surface area (Å²) in [6.45, 7) is 4.53. The zero-order valence-electron chi connectivity index (χ0n) is 17.7. The van der Waals surface area contributed by atoms with Crippen LogP contribution in [-0.4, -0.2) is 40.4 Å². The maximum atomic E-state index is 5.66. The van der Waals surface area contributed by atoms with Gasteiger partial charge in [-0.1, -0.05) is 0 Å². The fourth-order valence-corrected chi connectivity index (χ4v) is 2.63. The molecule has 7 nitrogen and oxygen atoms in total. The van der Waals surface area contributed by atoms with Crippen LogP contribution in [0.5, 0.6) is 23.0 Å². The minimum absolute atomic E-state index is 0. The second-order valence-electron chi connectivity index (χ2n) is 6.28. The molecule has 0 saturated carbocycles. The van der Waals surface area contributed by atoms with Gasteiger partial charge in [-0.2, -0.15) is 0 Å². The van der Waals surface area contributed by atoms with E-state index in [2.05, 4.69) is 15.6 Å². The first-order valence-corrected chi connectivity index (χ1v) is 9.04. The van der Waals surface area contributed by atoms with E-state index in [0.717, 1.165) is 17.0 Å². The van der Waals surface area contributed by atoms with E-state index in [1.807, 2.05) is 50.2 Å². The van der Waals surface area contributed by atoms with E-state index in [9.17, 15) is 0 Å². The summed E-state index contributed by atoms with van der Waals surface area (Å²) in [5, 5.41) is 6.53. The van der Waals surface area contributed by atoms with Crippen LogP contribution in [0.4, 0.5) is 5.69 Å². The molecular formula is C21H30IN3O4. The van der Waals surface area contributed by atoms with Gasteiger partial charge in [-0.15, -0.1) is 24.0 Å². The van der Waals surface area contributed by atoms with Gasteiger partial charge < -0.3 is 29.6 Å². The molecule has 2 aromatic rings. The fourth-order valence-electron chi connectivity index (χ4n) is 2.63. The lowest BCUT2D eigenvalue weighted by molar-refractivity contribution is 0.242. The summed E-state index contributed by atoms with van der Waals surface area (Å²) in [7, 11) is 6.51. The van der Waals surface area contributed by atoms with Gasteiger partial charge in [0.2, 0.25) is 5.75 Å². The molecule has 29 heavy (non-hydrogen) atoms. The van der Waals surface area contributed by atoms with Crippen LogP contribution >= 0.6 is 24.0 Å². The maximum Gasteiger partial charge on any atom is 0.203 e. The Balaban J connectivity index is 0.00000420. The molecule has 0 saturated heterocycles. The van der Waals surface area contributed by atoms with E-state index in [0.29, 0.717) is 29.8 Å². The number of ether oxygens (including phenoxy) is 4. The van der Waals surface area contributed by atoms with Gasteiger partial charge in [0.05, 0.1) is 27.4 Å². The van der Waals surface area contributed by atoms with Gasteiger partial charge in [0, 0.05) is 19.3 Å². The molecule has 0 aliphatic rings. The molecule has 0 atom stereocenters. The molecule has 0 bridgehead atoms. The molecule has 0 aliphatic heterocycles. The SMILES string of the molecule is CN=C(NCc1cc(OC)c(OC)c(OC)c1)Nc1ccc(OC(C)C)cc1.I. The minimum Gasteiger partial charge on any atom is -0.493 e. The standard InChI is InChI=1S/C21H29N3O4.HI/c1-14(2)28-17-9-7-16(8-10-17)24-21(22-3)23-13-15-11-18(25-4)20(27-6)19(12-15)26-5;/h7-12,14H,13H2,1-6H3,(H2,22,23,24);1H. The molecule has 8 heteroatoms. The van der Waals surface area contributed by atoms with Crippen molar-refractivity contribution in [2.24, 2.45) is 4.99 Å². The van der Waals surface area contributed by atoms with E-state index in [4.69, 9.17) is 18.9 Å². The van der Waals surface area contributed by atoms with Crippen molar-refractivity contribution in [2.45, 2.75) is 26.5 Å². The van der Waals surface area contributed by atoms with Crippen molar-refractivity contribution in [3.63, 3.8) is 0 Å². The number of nitrogens with one attached hydrogen (secondary N) is 2. The highest BCUT2D eigenvalue weighted by Crippen LogP contribution is 2.38. The van der Waals surface area contributed by atoms with Crippen LogP contribution in [-0.2, 0) is 6.54 Å². The van der Waals surface area contributed by atoms with E-state index < -0.39 is 0 Å². The normalized spacial score (nSPS) is 10.8. The Morgan fingerprint density at radius 3 is 2.00 bits per heavy atom. The monoisotopic (exact) mass is 515 g/mol. The number of benzene rings is 2. The summed E-state index contributed by atoms with van der Waals surface area (Å²) in [4.78, 5) is 4.26. The van der Waals surface area contributed by atoms with Gasteiger partial charge in [0.1, 0.15) is 5.75 Å². The Bertz CT molecular complexity index is 770. The lowest BCUT2D eigenvalue weighted by Gasteiger charge is -2.16. The van der Waals surface area contributed by atoms with Crippen molar-refractivity contribution >= 4 is 35.6 Å². The molecule has 0 unspecified atom stereocenters. The molecule has 160 valence electrons. The Kier molecular flexibility index (Phi) is 10.4. The van der Waals surface area contributed by atoms with Gasteiger partial charge in [-0.25, -0.2) is 0 Å². The zero-order chi connectivity index (χ0) is 20.5. The number of halogens is 1. The number of hydrogen-bond acceptors (Lipinski definition) is 5. The quantitative estimate of drug-likeness (QED) is 0.310. The predicted molar refractivity (Wildman–Crippen MR) is 128 cm³/mol.